The van der Waals surface area contributed by atoms with Crippen LogP contribution in [0, 0.1) is 0 Å². The molecule has 1 atom stereocenters. The van der Waals surface area contributed by atoms with Gasteiger partial charge in [0.2, 0.25) is 0 Å². The highest BCUT2D eigenvalue weighted by Gasteiger charge is 2.26. The largest absolute Gasteiger partial charge is 0.396 e. The molecule has 0 aliphatic carbocycles. The third-order valence-corrected chi connectivity index (χ3v) is 3.73. The summed E-state index contributed by atoms with van der Waals surface area (Å²) < 4.78 is 0. The fraction of sp³-hybridized carbons (Fsp3) is 0.750. The Morgan fingerprint density at radius 3 is 2.75 bits per heavy atom. The van der Waals surface area contributed by atoms with Crippen LogP contribution in [-0.4, -0.2) is 28.0 Å². The Labute approximate surface area is 82.6 Å². The lowest BCUT2D eigenvalue weighted by molar-refractivity contribution is 0.300. The van der Waals surface area contributed by atoms with E-state index in [1.807, 2.05) is 0 Å². The van der Waals surface area contributed by atoms with Crippen LogP contribution < -0.4 is 0 Å². The quantitative estimate of drug-likeness (QED) is 0.567. The third-order valence-electron chi connectivity index (χ3n) is 2.00. The lowest BCUT2D eigenvalue weighted by Crippen LogP contribution is -2.22. The van der Waals surface area contributed by atoms with Crippen LogP contribution in [0.1, 0.15) is 20.3 Å². The highest BCUT2D eigenvalue weighted by atomic mass is 35.5. The van der Waals surface area contributed by atoms with Crippen molar-refractivity contribution in [1.29, 1.82) is 0 Å². The van der Waals surface area contributed by atoms with Crippen molar-refractivity contribution in [1.82, 2.24) is 4.90 Å². The van der Waals surface area contributed by atoms with Crippen molar-refractivity contribution in [2.45, 2.75) is 25.1 Å². The number of aliphatic hydroxyl groups excluding tert-OH is 1. The van der Waals surface area contributed by atoms with Gasteiger partial charge in [-0.15, -0.1) is 0 Å². The van der Waals surface area contributed by atoms with E-state index in [1.54, 1.807) is 11.8 Å². The molecule has 0 spiro atoms. The standard InChI is InChI=1S/C8H14ClNOS/c1-3-10-6(2)7(4-5-11)12-8(10)9/h8,11H,3-5H2,1-2H3. The minimum atomic E-state index is 0.0246. The zero-order valence-corrected chi connectivity index (χ0v) is 8.95. The first-order valence-corrected chi connectivity index (χ1v) is 5.40. The second-order valence-corrected chi connectivity index (χ2v) is 4.53. The molecule has 0 aromatic heterocycles. The fourth-order valence-electron chi connectivity index (χ4n) is 1.30. The molecular weight excluding hydrogens is 194 g/mol. The average Bonchev–Trinajstić information content (AvgIpc) is 2.29. The van der Waals surface area contributed by atoms with E-state index in [0.29, 0.717) is 0 Å². The minimum absolute atomic E-state index is 0.0246. The molecule has 12 heavy (non-hydrogen) atoms. The maximum Gasteiger partial charge on any atom is 0.155 e. The van der Waals surface area contributed by atoms with Gasteiger partial charge in [-0.05, 0) is 13.8 Å². The average molecular weight is 208 g/mol. The van der Waals surface area contributed by atoms with E-state index in [2.05, 4.69) is 18.7 Å². The maximum atomic E-state index is 8.78. The van der Waals surface area contributed by atoms with Gasteiger partial charge in [-0.2, -0.15) is 0 Å². The number of nitrogens with zero attached hydrogens (tertiary/aromatic N) is 1. The van der Waals surface area contributed by atoms with Gasteiger partial charge in [-0.3, -0.25) is 0 Å². The van der Waals surface area contributed by atoms with Crippen LogP contribution in [0.2, 0.25) is 0 Å². The van der Waals surface area contributed by atoms with E-state index >= 15 is 0 Å². The smallest absolute Gasteiger partial charge is 0.155 e. The van der Waals surface area contributed by atoms with Gasteiger partial charge in [0.05, 0.1) is 0 Å². The van der Waals surface area contributed by atoms with Crippen LogP contribution >= 0.6 is 23.4 Å². The predicted molar refractivity (Wildman–Crippen MR) is 54.0 cm³/mol. The van der Waals surface area contributed by atoms with Crippen molar-refractivity contribution in [2.24, 2.45) is 0 Å². The lowest BCUT2D eigenvalue weighted by atomic mass is 10.3. The first-order chi connectivity index (χ1) is 5.70. The maximum absolute atomic E-state index is 8.78. The molecule has 0 radical (unpaired) electrons. The van der Waals surface area contributed by atoms with Crippen LogP contribution in [0.15, 0.2) is 10.6 Å². The number of hydrogen-bond donors (Lipinski definition) is 1. The topological polar surface area (TPSA) is 23.5 Å². The van der Waals surface area contributed by atoms with Crippen LogP contribution in [0.5, 0.6) is 0 Å². The van der Waals surface area contributed by atoms with Gasteiger partial charge < -0.3 is 10.0 Å². The van der Waals surface area contributed by atoms with E-state index in [9.17, 15) is 0 Å². The molecule has 1 unspecified atom stereocenters. The first kappa shape index (κ1) is 10.2. The first-order valence-electron chi connectivity index (χ1n) is 4.08. The van der Waals surface area contributed by atoms with Gasteiger partial charge >= 0.3 is 0 Å². The van der Waals surface area contributed by atoms with E-state index in [1.165, 1.54) is 10.6 Å². The molecule has 70 valence electrons. The van der Waals surface area contributed by atoms with Crippen LogP contribution in [0.25, 0.3) is 0 Å². The van der Waals surface area contributed by atoms with Gasteiger partial charge in [-0.25, -0.2) is 0 Å². The molecule has 0 aromatic carbocycles. The van der Waals surface area contributed by atoms with Gasteiger partial charge in [0.25, 0.3) is 0 Å². The summed E-state index contributed by atoms with van der Waals surface area (Å²) in [4.78, 5) is 3.38. The van der Waals surface area contributed by atoms with Crippen molar-refractivity contribution >= 4 is 23.4 Å². The molecule has 1 heterocycles. The Kier molecular flexibility index (Phi) is 3.75. The van der Waals surface area contributed by atoms with Crippen LogP contribution in [-0.2, 0) is 0 Å². The Morgan fingerprint density at radius 2 is 2.33 bits per heavy atom. The molecular formula is C8H14ClNOS. The van der Waals surface area contributed by atoms with Crippen LogP contribution in [0.4, 0.5) is 0 Å². The van der Waals surface area contributed by atoms with Crippen molar-refractivity contribution in [3.8, 4) is 0 Å². The fourth-order valence-corrected chi connectivity index (χ4v) is 3.07. The molecule has 0 fully saturated rings. The highest BCUT2D eigenvalue weighted by Crippen LogP contribution is 2.40. The van der Waals surface area contributed by atoms with E-state index in [0.717, 1.165) is 13.0 Å². The molecule has 0 saturated heterocycles. The summed E-state index contributed by atoms with van der Waals surface area (Å²) in [7, 11) is 0. The second-order valence-electron chi connectivity index (χ2n) is 2.68. The Bertz CT molecular complexity index is 195. The van der Waals surface area contributed by atoms with Gasteiger partial charge in [-0.1, -0.05) is 23.4 Å². The van der Waals surface area contributed by atoms with E-state index < -0.39 is 0 Å². The molecule has 4 heteroatoms. The number of aliphatic hydroxyl groups is 1. The van der Waals surface area contributed by atoms with Crippen molar-refractivity contribution in [3.63, 3.8) is 0 Å². The number of hydrogen-bond acceptors (Lipinski definition) is 3. The summed E-state index contributed by atoms with van der Waals surface area (Å²) >= 11 is 7.71. The number of allylic oxidation sites excluding steroid dienone is 1. The van der Waals surface area contributed by atoms with E-state index in [-0.39, 0.29) is 11.4 Å². The van der Waals surface area contributed by atoms with Crippen molar-refractivity contribution in [2.75, 3.05) is 13.2 Å². The molecule has 1 N–H and O–H groups in total. The summed E-state index contributed by atoms with van der Waals surface area (Å²) in [6.45, 7) is 5.29. The van der Waals surface area contributed by atoms with Gasteiger partial charge in [0.1, 0.15) is 0 Å². The summed E-state index contributed by atoms with van der Waals surface area (Å²) in [5.74, 6) is 0. The zero-order chi connectivity index (χ0) is 9.14. The number of alkyl halides is 1. The summed E-state index contributed by atoms with van der Waals surface area (Å²) in [6.07, 6.45) is 0.732. The SMILES string of the molecule is CCN1C(C)=C(CCO)SC1Cl. The molecule has 0 saturated carbocycles. The predicted octanol–water partition coefficient (Wildman–Crippen LogP) is 2.19. The van der Waals surface area contributed by atoms with Crippen molar-refractivity contribution < 1.29 is 5.11 Å². The lowest BCUT2D eigenvalue weighted by Gasteiger charge is -2.20. The molecule has 1 rings (SSSR count). The molecule has 1 aliphatic rings. The molecule has 0 bridgehead atoms. The molecule has 0 aromatic rings. The van der Waals surface area contributed by atoms with Gasteiger partial charge in [0, 0.05) is 30.2 Å². The monoisotopic (exact) mass is 207 g/mol. The number of thioether (sulfide) groups is 1. The minimum Gasteiger partial charge on any atom is -0.396 e. The third kappa shape index (κ3) is 1.90. The Hall–Kier alpha value is 0.140. The van der Waals surface area contributed by atoms with E-state index in [4.69, 9.17) is 16.7 Å². The second kappa shape index (κ2) is 4.40. The number of rotatable bonds is 3. The Balaban J connectivity index is 2.67. The molecule has 1 aliphatic heterocycles. The zero-order valence-electron chi connectivity index (χ0n) is 7.38. The molecule has 2 nitrogen and oxygen atoms in total. The summed E-state index contributed by atoms with van der Waals surface area (Å²) in [5.41, 5.74) is 1.22. The highest BCUT2D eigenvalue weighted by molar-refractivity contribution is 8.04. The normalized spacial score (nSPS) is 24.0. The Morgan fingerprint density at radius 1 is 1.67 bits per heavy atom. The number of halogens is 1. The van der Waals surface area contributed by atoms with Crippen LogP contribution in [0.3, 0.4) is 0 Å². The molecule has 0 amide bonds. The van der Waals surface area contributed by atoms with Crippen molar-refractivity contribution in [3.05, 3.63) is 10.6 Å². The van der Waals surface area contributed by atoms with Gasteiger partial charge in [0.15, 0.2) is 4.83 Å². The summed E-state index contributed by atoms with van der Waals surface area (Å²) in [5, 5.41) is 8.78. The summed E-state index contributed by atoms with van der Waals surface area (Å²) in [6, 6.07) is 0.